The monoisotopic (exact) mass is 118 g/mol. The molecule has 38 valence electrons. The van der Waals surface area contributed by atoms with Crippen LogP contribution in [0.15, 0.2) is 0 Å². The van der Waals surface area contributed by atoms with Gasteiger partial charge in [-0.05, 0) is 0 Å². The van der Waals surface area contributed by atoms with Crippen molar-refractivity contribution in [3.8, 4) is 0 Å². The summed E-state index contributed by atoms with van der Waals surface area (Å²) in [6.45, 7) is 15.9. The Balaban J connectivity index is 3.46. The molecule has 0 spiro atoms. The van der Waals surface area contributed by atoms with E-state index in [0.29, 0.717) is 0 Å². The Morgan fingerprint density at radius 2 is 1.60 bits per heavy atom. The summed E-state index contributed by atoms with van der Waals surface area (Å²) in [7, 11) is 3.56. The summed E-state index contributed by atoms with van der Waals surface area (Å²) < 4.78 is 0. The molecule has 0 amide bonds. The summed E-state index contributed by atoms with van der Waals surface area (Å²) >= 11 is 0. The molecule has 0 aliphatic carbocycles. The quantitative estimate of drug-likeness (QED) is 0.361. The van der Waals surface area contributed by atoms with Crippen molar-refractivity contribution in [3.05, 3.63) is 0 Å². The number of rotatable bonds is 4. The molecule has 0 atom stereocenters. The molecule has 0 nitrogen and oxygen atoms in total. The van der Waals surface area contributed by atoms with Crippen LogP contribution in [0.3, 0.4) is 0 Å². The number of hydrogen-bond acceptors (Lipinski definition) is 0. The van der Waals surface area contributed by atoms with Gasteiger partial charge in [0.15, 0.2) is 0 Å². The van der Waals surface area contributed by atoms with Crippen LogP contribution in [0.5, 0.6) is 0 Å². The summed E-state index contributed by atoms with van der Waals surface area (Å²) in [5.41, 5.74) is 0. The predicted molar refractivity (Wildman–Crippen MR) is 57.9 cm³/mol. The van der Waals surface area contributed by atoms with E-state index in [1.165, 1.54) is 0 Å². The van der Waals surface area contributed by atoms with E-state index < -0.39 is 0 Å². The molecule has 0 aliphatic rings. The average molecular weight is 117 g/mol. The molecule has 10 heavy (non-hydrogen) atoms. The Bertz CT molecular complexity index is 155. The molecule has 0 aromatic heterocycles. The molecule has 0 bridgehead atoms. The van der Waals surface area contributed by atoms with Crippen molar-refractivity contribution in [2.75, 3.05) is 0 Å². The Hall–Kier alpha value is 0.519. The molecule has 0 heterocycles. The van der Waals surface area contributed by atoms with Crippen LogP contribution in [0.4, 0.5) is 0 Å². The molecule has 0 aromatic rings. The molecule has 0 rings (SSSR count). The summed E-state index contributed by atoms with van der Waals surface area (Å²) in [5, 5.41) is 0. The zero-order valence-electron chi connectivity index (χ0n) is 6.46. The van der Waals surface area contributed by atoms with Crippen LogP contribution in [0.1, 0.15) is 6.92 Å². The van der Waals surface area contributed by atoms with Crippen molar-refractivity contribution in [1.29, 1.82) is 0 Å². The van der Waals surface area contributed by atoms with Crippen LogP contribution in [0.2, 0.25) is 6.32 Å². The van der Waals surface area contributed by atoms with E-state index in [9.17, 15) is 0 Å². The van der Waals surface area contributed by atoms with Gasteiger partial charge < -0.3 is 0 Å². The summed E-state index contributed by atoms with van der Waals surface area (Å²) in [4.78, 5) is 0. The Labute approximate surface area is 68.1 Å². The average Bonchev–Trinajstić information content (AvgIpc) is 1.97. The van der Waals surface area contributed by atoms with Crippen molar-refractivity contribution in [3.63, 3.8) is 0 Å². The van der Waals surface area contributed by atoms with Crippen molar-refractivity contribution in [1.82, 2.24) is 0 Å². The normalized spacial score (nSPS) is 6.80. The van der Waals surface area contributed by atoms with E-state index >= 15 is 0 Å². The fourth-order valence-electron chi connectivity index (χ4n) is 0.486. The van der Waals surface area contributed by atoms with Gasteiger partial charge in [0.25, 0.3) is 0 Å². The first-order valence-electron chi connectivity index (χ1n) is 3.52. The molecular weight excluding hydrogens is 111 g/mol. The first-order valence-corrected chi connectivity index (χ1v) is 3.52. The molecule has 0 radical (unpaired) electrons. The SMILES string of the molecule is B=BB=BB=BB=BCC. The van der Waals surface area contributed by atoms with Gasteiger partial charge in [-0.3, -0.25) is 0 Å². The topological polar surface area (TPSA) is 0 Å². The minimum atomic E-state index is 1.09. The molecule has 8 heteroatoms. The number of hydrogen-bond donors (Lipinski definition) is 0. The van der Waals surface area contributed by atoms with Crippen molar-refractivity contribution in [2.45, 2.75) is 13.2 Å². The zero-order chi connectivity index (χ0) is 7.66. The first-order chi connectivity index (χ1) is 4.91. The van der Waals surface area contributed by atoms with Crippen molar-refractivity contribution < 1.29 is 0 Å². The van der Waals surface area contributed by atoms with Gasteiger partial charge >= 0.3 is 67.6 Å². The van der Waals surface area contributed by atoms with E-state index in [2.05, 4.69) is 21.1 Å². The van der Waals surface area contributed by atoms with Crippen molar-refractivity contribution in [2.24, 2.45) is 0 Å². The van der Waals surface area contributed by atoms with Crippen LogP contribution in [0, 0.1) is 0 Å². The standard InChI is InChI=1S/C2H6B8/c1-2-4-6-8-10-9-7-5-3/h3H,2H2,1H3. The molecule has 0 saturated carbocycles. The second kappa shape index (κ2) is 9.52. The van der Waals surface area contributed by atoms with E-state index in [1.807, 2.05) is 33.5 Å². The second-order valence-electron chi connectivity index (χ2n) is 1.84. The fraction of sp³-hybridized carbons (Fsp3) is 1.00. The fourth-order valence-corrected chi connectivity index (χ4v) is 0.486. The summed E-state index contributed by atoms with van der Waals surface area (Å²) in [6, 6.07) is 0. The first kappa shape index (κ1) is 10.5. The van der Waals surface area contributed by atoms with Gasteiger partial charge in [-0.15, -0.1) is 0 Å². The molecule has 0 saturated heterocycles. The van der Waals surface area contributed by atoms with Gasteiger partial charge in [0.05, 0.1) is 0 Å². The third-order valence-corrected chi connectivity index (χ3v) is 0.952. The summed E-state index contributed by atoms with van der Waals surface area (Å²) in [5.74, 6) is 0. The van der Waals surface area contributed by atoms with Crippen LogP contribution < -0.4 is 0 Å². The van der Waals surface area contributed by atoms with E-state index in [0.717, 1.165) is 6.32 Å². The van der Waals surface area contributed by atoms with Crippen LogP contribution in [0.25, 0.3) is 0 Å². The van der Waals surface area contributed by atoms with Gasteiger partial charge in [-0.25, -0.2) is 0 Å². The molecular formula is C2H6B8. The van der Waals surface area contributed by atoms with Gasteiger partial charge in [-0.2, -0.15) is 0 Å². The summed E-state index contributed by atoms with van der Waals surface area (Å²) in [6.07, 6.45) is 1.09. The van der Waals surface area contributed by atoms with Gasteiger partial charge in [-0.1, -0.05) is 0 Å². The third kappa shape index (κ3) is 8.52. The minimum absolute atomic E-state index is 1.09. The maximum absolute atomic E-state index is 3.56. The van der Waals surface area contributed by atoms with Gasteiger partial charge in [0, 0.05) is 0 Å². The second-order valence-corrected chi connectivity index (χ2v) is 1.84. The van der Waals surface area contributed by atoms with Crippen LogP contribution in [-0.4, -0.2) is 54.3 Å². The van der Waals surface area contributed by atoms with Crippen LogP contribution in [-0.2, 0) is 0 Å². The van der Waals surface area contributed by atoms with Crippen molar-refractivity contribution >= 4 is 54.3 Å². The molecule has 0 aliphatic heterocycles. The Morgan fingerprint density at radius 1 is 1.00 bits per heavy atom. The van der Waals surface area contributed by atoms with E-state index in [4.69, 9.17) is 0 Å². The molecule has 0 fully saturated rings. The zero-order valence-corrected chi connectivity index (χ0v) is 6.46. The third-order valence-electron chi connectivity index (χ3n) is 0.952. The predicted octanol–water partition coefficient (Wildman–Crippen LogP) is -2.34. The van der Waals surface area contributed by atoms with Gasteiger partial charge in [0.1, 0.15) is 0 Å². The molecule has 0 aromatic carbocycles. The van der Waals surface area contributed by atoms with E-state index in [1.54, 1.807) is 6.69 Å². The van der Waals surface area contributed by atoms with Crippen LogP contribution >= 0.6 is 0 Å². The molecule has 0 N–H and O–H groups in total. The van der Waals surface area contributed by atoms with E-state index in [-0.39, 0.29) is 0 Å². The Morgan fingerprint density at radius 3 is 2.20 bits per heavy atom. The maximum atomic E-state index is 3.56. The Kier molecular flexibility index (Phi) is 10.0. The van der Waals surface area contributed by atoms with Gasteiger partial charge in [0.2, 0.25) is 0 Å². The molecule has 0 unspecified atom stereocenters.